The molecule has 1 amide bonds. The topological polar surface area (TPSA) is 75.7 Å². The molecule has 158 valence electrons. The van der Waals surface area contributed by atoms with Gasteiger partial charge in [-0.25, -0.2) is 17.2 Å². The first-order chi connectivity index (χ1) is 13.5. The highest BCUT2D eigenvalue weighted by atomic mass is 32.2. The van der Waals surface area contributed by atoms with E-state index in [-0.39, 0.29) is 12.3 Å². The molecule has 0 bridgehead atoms. The van der Waals surface area contributed by atoms with Gasteiger partial charge in [-0.3, -0.25) is 9.10 Å². The van der Waals surface area contributed by atoms with Gasteiger partial charge in [0.25, 0.3) is 0 Å². The molecule has 0 saturated heterocycles. The Balaban J connectivity index is 2.08. The van der Waals surface area contributed by atoms with Crippen molar-refractivity contribution in [2.24, 2.45) is 0 Å². The first-order valence-corrected chi connectivity index (χ1v) is 10.8. The lowest BCUT2D eigenvalue weighted by Crippen LogP contribution is -2.50. The van der Waals surface area contributed by atoms with Crippen LogP contribution in [0, 0.1) is 18.6 Å². The molecule has 0 aliphatic rings. The summed E-state index contributed by atoms with van der Waals surface area (Å²) in [7, 11) is -3.93. The van der Waals surface area contributed by atoms with Crippen LogP contribution in [0.4, 0.5) is 14.5 Å². The van der Waals surface area contributed by atoms with Crippen LogP contribution < -0.4 is 14.4 Å². The van der Waals surface area contributed by atoms with Crippen LogP contribution in [0.15, 0.2) is 42.5 Å². The Labute approximate surface area is 169 Å². The van der Waals surface area contributed by atoms with Gasteiger partial charge in [-0.05, 0) is 45.0 Å². The summed E-state index contributed by atoms with van der Waals surface area (Å²) in [6.45, 7) is 5.20. The molecule has 0 radical (unpaired) electrons. The predicted octanol–water partition coefficient (Wildman–Crippen LogP) is 3.01. The summed E-state index contributed by atoms with van der Waals surface area (Å²) >= 11 is 0. The number of hydrogen-bond acceptors (Lipinski definition) is 4. The number of nitrogens with one attached hydrogen (secondary N) is 1. The molecular weight excluding hydrogens is 402 g/mol. The van der Waals surface area contributed by atoms with Gasteiger partial charge in [0.1, 0.15) is 18.4 Å². The van der Waals surface area contributed by atoms with Crippen molar-refractivity contribution in [2.45, 2.75) is 32.9 Å². The molecule has 0 unspecified atom stereocenters. The Hall–Kier alpha value is -2.68. The smallest absolute Gasteiger partial charge is 0.243 e. The first kappa shape index (κ1) is 22.6. The third-order valence-corrected chi connectivity index (χ3v) is 5.40. The number of rotatable bonds is 8. The predicted molar refractivity (Wildman–Crippen MR) is 107 cm³/mol. The Morgan fingerprint density at radius 1 is 1.10 bits per heavy atom. The number of carbonyl (C=O) groups excluding carboxylic acids is 1. The lowest BCUT2D eigenvalue weighted by Gasteiger charge is -2.29. The normalized spacial score (nSPS) is 13.4. The monoisotopic (exact) mass is 426 g/mol. The van der Waals surface area contributed by atoms with E-state index in [0.29, 0.717) is 5.75 Å². The number of ether oxygens (including phenoxy) is 1. The van der Waals surface area contributed by atoms with Crippen molar-refractivity contribution < 1.29 is 26.7 Å². The number of amides is 1. The highest BCUT2D eigenvalue weighted by molar-refractivity contribution is 7.92. The van der Waals surface area contributed by atoms with Crippen LogP contribution >= 0.6 is 0 Å². The maximum atomic E-state index is 13.6. The van der Waals surface area contributed by atoms with Crippen LogP contribution in [0.3, 0.4) is 0 Å². The summed E-state index contributed by atoms with van der Waals surface area (Å²) in [6, 6.07) is 8.46. The summed E-state index contributed by atoms with van der Waals surface area (Å²) in [5.41, 5.74) is 0.947. The molecule has 9 heteroatoms. The van der Waals surface area contributed by atoms with E-state index in [2.05, 4.69) is 5.32 Å². The van der Waals surface area contributed by atoms with Crippen LogP contribution in [-0.4, -0.2) is 39.3 Å². The molecule has 2 aromatic carbocycles. The average molecular weight is 426 g/mol. The number of hydrogen-bond donors (Lipinski definition) is 1. The van der Waals surface area contributed by atoms with Crippen LogP contribution in [-0.2, 0) is 14.8 Å². The molecule has 0 saturated carbocycles. The number of carbonyl (C=O) groups is 1. The second-order valence-electron chi connectivity index (χ2n) is 6.87. The van der Waals surface area contributed by atoms with Gasteiger partial charge in [0, 0.05) is 6.07 Å². The van der Waals surface area contributed by atoms with Crippen molar-refractivity contribution in [1.82, 2.24) is 5.32 Å². The van der Waals surface area contributed by atoms with E-state index < -0.39 is 39.6 Å². The highest BCUT2D eigenvalue weighted by Crippen LogP contribution is 2.23. The summed E-state index contributed by atoms with van der Waals surface area (Å²) in [4.78, 5) is 12.6. The van der Waals surface area contributed by atoms with Crippen molar-refractivity contribution in [2.75, 3.05) is 17.2 Å². The molecule has 0 spiro atoms. The highest BCUT2D eigenvalue weighted by Gasteiger charge is 2.30. The van der Waals surface area contributed by atoms with Crippen LogP contribution in [0.2, 0.25) is 0 Å². The van der Waals surface area contributed by atoms with E-state index in [9.17, 15) is 22.0 Å². The SMILES string of the molecule is Cc1ccc(OC[C@@H](C)NC(=O)[C@@H](C)N(c2ccc(F)c(F)c2)S(C)(=O)=O)cc1. The number of anilines is 1. The molecule has 0 aliphatic carbocycles. The van der Waals surface area contributed by atoms with Crippen molar-refractivity contribution in [3.8, 4) is 5.75 Å². The standard InChI is InChI=1S/C20H24F2N2O4S/c1-13-5-8-17(9-6-13)28-12-14(2)23-20(25)15(3)24(29(4,26)27)16-7-10-18(21)19(22)11-16/h5-11,14-15H,12H2,1-4H3,(H,23,25)/t14-,15-/m1/s1. The molecule has 2 rings (SSSR count). The van der Waals surface area contributed by atoms with Gasteiger partial charge in [0.2, 0.25) is 15.9 Å². The summed E-state index contributed by atoms with van der Waals surface area (Å²) in [6.07, 6.45) is 0.891. The fourth-order valence-corrected chi connectivity index (χ4v) is 3.86. The lowest BCUT2D eigenvalue weighted by molar-refractivity contribution is -0.122. The van der Waals surface area contributed by atoms with E-state index in [1.54, 1.807) is 19.1 Å². The maximum Gasteiger partial charge on any atom is 0.243 e. The van der Waals surface area contributed by atoms with Gasteiger partial charge in [-0.2, -0.15) is 0 Å². The van der Waals surface area contributed by atoms with Gasteiger partial charge < -0.3 is 10.1 Å². The third kappa shape index (κ3) is 6.15. The average Bonchev–Trinajstić information content (AvgIpc) is 2.63. The van der Waals surface area contributed by atoms with Gasteiger partial charge >= 0.3 is 0 Å². The molecule has 1 N–H and O–H groups in total. The van der Waals surface area contributed by atoms with Gasteiger partial charge in [0.15, 0.2) is 11.6 Å². The molecule has 0 fully saturated rings. The molecule has 2 atom stereocenters. The Morgan fingerprint density at radius 3 is 2.28 bits per heavy atom. The summed E-state index contributed by atoms with van der Waals surface area (Å²) in [5.74, 6) is -2.27. The molecule has 29 heavy (non-hydrogen) atoms. The molecular formula is C20H24F2N2O4S. The Morgan fingerprint density at radius 2 is 1.72 bits per heavy atom. The van der Waals surface area contributed by atoms with E-state index in [4.69, 9.17) is 4.74 Å². The largest absolute Gasteiger partial charge is 0.491 e. The molecule has 6 nitrogen and oxygen atoms in total. The zero-order valence-corrected chi connectivity index (χ0v) is 17.5. The van der Waals surface area contributed by atoms with Crippen molar-refractivity contribution in [3.63, 3.8) is 0 Å². The maximum absolute atomic E-state index is 13.6. The zero-order valence-electron chi connectivity index (χ0n) is 16.6. The zero-order chi connectivity index (χ0) is 21.8. The molecule has 0 heterocycles. The van der Waals surface area contributed by atoms with E-state index >= 15 is 0 Å². The molecule has 0 aromatic heterocycles. The number of benzene rings is 2. The first-order valence-electron chi connectivity index (χ1n) is 8.93. The van der Waals surface area contributed by atoms with Crippen molar-refractivity contribution >= 4 is 21.6 Å². The third-order valence-electron chi connectivity index (χ3n) is 4.16. The minimum absolute atomic E-state index is 0.141. The van der Waals surface area contributed by atoms with Crippen molar-refractivity contribution in [3.05, 3.63) is 59.7 Å². The fraction of sp³-hybridized carbons (Fsp3) is 0.350. The summed E-state index contributed by atoms with van der Waals surface area (Å²) < 4.78 is 57.5. The fourth-order valence-electron chi connectivity index (χ4n) is 2.69. The molecule has 2 aromatic rings. The summed E-state index contributed by atoms with van der Waals surface area (Å²) in [5, 5.41) is 2.67. The van der Waals surface area contributed by atoms with E-state index in [0.717, 1.165) is 34.3 Å². The van der Waals surface area contributed by atoms with Gasteiger partial charge in [-0.15, -0.1) is 0 Å². The second-order valence-corrected chi connectivity index (χ2v) is 8.73. The lowest BCUT2D eigenvalue weighted by atomic mass is 10.2. The Bertz CT molecular complexity index is 965. The van der Waals surface area contributed by atoms with Crippen LogP contribution in [0.1, 0.15) is 19.4 Å². The number of nitrogens with zero attached hydrogens (tertiary/aromatic N) is 1. The number of sulfonamides is 1. The minimum atomic E-state index is -3.93. The quantitative estimate of drug-likeness (QED) is 0.704. The van der Waals surface area contributed by atoms with Crippen molar-refractivity contribution in [1.29, 1.82) is 0 Å². The Kier molecular flexibility index (Phi) is 7.18. The van der Waals surface area contributed by atoms with Crippen LogP contribution in [0.5, 0.6) is 5.75 Å². The molecule has 0 aliphatic heterocycles. The van der Waals surface area contributed by atoms with Gasteiger partial charge in [0.05, 0.1) is 18.0 Å². The number of halogens is 2. The second kappa shape index (κ2) is 9.21. The van der Waals surface area contributed by atoms with Crippen LogP contribution in [0.25, 0.3) is 0 Å². The number of aryl methyl sites for hydroxylation is 1. The van der Waals surface area contributed by atoms with E-state index in [1.807, 2.05) is 19.1 Å². The minimum Gasteiger partial charge on any atom is -0.491 e. The van der Waals surface area contributed by atoms with E-state index in [1.165, 1.54) is 6.92 Å². The van der Waals surface area contributed by atoms with Gasteiger partial charge in [-0.1, -0.05) is 17.7 Å².